The number of hydrogen-bond donors (Lipinski definition) is 0. The highest BCUT2D eigenvalue weighted by Gasteiger charge is 2.29. The first-order valence-corrected chi connectivity index (χ1v) is 6.14. The molecule has 0 aliphatic heterocycles. The first-order valence-electron chi connectivity index (χ1n) is 4.68. The van der Waals surface area contributed by atoms with Gasteiger partial charge in [0.2, 0.25) is 0 Å². The smallest absolute Gasteiger partial charge is 0.367 e. The van der Waals surface area contributed by atoms with Gasteiger partial charge in [0.25, 0.3) is 0 Å². The van der Waals surface area contributed by atoms with Crippen LogP contribution in [0, 0.1) is 5.92 Å². The van der Waals surface area contributed by atoms with Gasteiger partial charge in [-0.25, -0.2) is 9.36 Å². The van der Waals surface area contributed by atoms with Gasteiger partial charge in [-0.15, -0.1) is 0 Å². The number of hydrogen-bond acceptors (Lipinski definition) is 5. The monoisotopic (exact) mass is 236 g/mol. The number of carbonyl (C=O) groups is 1. The molecule has 0 rings (SSSR count). The van der Waals surface area contributed by atoms with Crippen molar-refractivity contribution in [3.63, 3.8) is 0 Å². The average Bonchev–Trinajstić information content (AvgIpc) is 2.15. The highest BCUT2D eigenvalue weighted by molar-refractivity contribution is 7.49. The zero-order valence-corrected chi connectivity index (χ0v) is 10.2. The standard InChI is InChI=1S/C9H17O5P/c1-5-9(10)14-15(11,12-6-2)13-7-8(3)4/h5,8H,1,6-7H2,2-4H3. The van der Waals surface area contributed by atoms with Gasteiger partial charge in [-0.1, -0.05) is 20.4 Å². The molecule has 0 aromatic carbocycles. The minimum atomic E-state index is -3.77. The van der Waals surface area contributed by atoms with E-state index in [0.717, 1.165) is 6.08 Å². The van der Waals surface area contributed by atoms with Gasteiger partial charge < -0.3 is 4.52 Å². The first kappa shape index (κ1) is 14.4. The summed E-state index contributed by atoms with van der Waals surface area (Å²) >= 11 is 0. The second-order valence-electron chi connectivity index (χ2n) is 3.17. The van der Waals surface area contributed by atoms with Crippen molar-refractivity contribution in [3.8, 4) is 0 Å². The molecule has 15 heavy (non-hydrogen) atoms. The Labute approximate surface area is 90.0 Å². The zero-order valence-electron chi connectivity index (χ0n) is 9.26. The first-order chi connectivity index (χ1) is 6.93. The molecule has 0 N–H and O–H groups in total. The van der Waals surface area contributed by atoms with Crippen molar-refractivity contribution in [2.24, 2.45) is 5.92 Å². The quantitative estimate of drug-likeness (QED) is 0.502. The minimum absolute atomic E-state index is 0.139. The summed E-state index contributed by atoms with van der Waals surface area (Å²) in [5.41, 5.74) is 0. The van der Waals surface area contributed by atoms with E-state index in [0.29, 0.717) is 0 Å². The molecule has 0 aromatic rings. The predicted molar refractivity (Wildman–Crippen MR) is 56.3 cm³/mol. The number of phosphoric acid groups is 1. The molecule has 5 nitrogen and oxygen atoms in total. The summed E-state index contributed by atoms with van der Waals surface area (Å²) in [6, 6.07) is 0. The summed E-state index contributed by atoms with van der Waals surface area (Å²) in [5, 5.41) is 0. The van der Waals surface area contributed by atoms with Crippen LogP contribution in [0.2, 0.25) is 0 Å². The summed E-state index contributed by atoms with van der Waals surface area (Å²) in [7, 11) is -3.77. The van der Waals surface area contributed by atoms with Crippen LogP contribution in [-0.2, 0) is 22.9 Å². The molecule has 0 radical (unpaired) electrons. The Morgan fingerprint density at radius 3 is 2.47 bits per heavy atom. The number of carbonyl (C=O) groups excluding carboxylic acids is 1. The van der Waals surface area contributed by atoms with Crippen molar-refractivity contribution in [2.75, 3.05) is 13.2 Å². The largest absolute Gasteiger partial charge is 0.532 e. The van der Waals surface area contributed by atoms with Gasteiger partial charge in [0.1, 0.15) is 0 Å². The van der Waals surface area contributed by atoms with Crippen molar-refractivity contribution in [3.05, 3.63) is 12.7 Å². The Morgan fingerprint density at radius 1 is 1.47 bits per heavy atom. The molecular formula is C9H17O5P. The summed E-state index contributed by atoms with van der Waals surface area (Å²) in [6.07, 6.45) is 0.907. The Kier molecular flexibility index (Phi) is 6.48. The zero-order chi connectivity index (χ0) is 11.9. The highest BCUT2D eigenvalue weighted by Crippen LogP contribution is 2.49. The summed E-state index contributed by atoms with van der Waals surface area (Å²) in [6.45, 7) is 8.92. The fourth-order valence-electron chi connectivity index (χ4n) is 0.636. The van der Waals surface area contributed by atoms with Crippen LogP contribution in [0.5, 0.6) is 0 Å². The van der Waals surface area contributed by atoms with Gasteiger partial charge in [0, 0.05) is 6.08 Å². The van der Waals surface area contributed by atoms with E-state index in [1.54, 1.807) is 6.92 Å². The maximum absolute atomic E-state index is 11.8. The van der Waals surface area contributed by atoms with Gasteiger partial charge in [-0.05, 0) is 12.8 Å². The molecule has 0 aliphatic carbocycles. The molecule has 0 spiro atoms. The Morgan fingerprint density at radius 2 is 2.07 bits per heavy atom. The van der Waals surface area contributed by atoms with Gasteiger partial charge in [-0.3, -0.25) is 9.05 Å². The van der Waals surface area contributed by atoms with Crippen molar-refractivity contribution >= 4 is 13.8 Å². The third-order valence-electron chi connectivity index (χ3n) is 1.22. The van der Waals surface area contributed by atoms with E-state index < -0.39 is 13.8 Å². The van der Waals surface area contributed by atoms with E-state index in [9.17, 15) is 9.36 Å². The van der Waals surface area contributed by atoms with Crippen LogP contribution in [-0.4, -0.2) is 19.2 Å². The number of rotatable bonds is 7. The van der Waals surface area contributed by atoms with Crippen LogP contribution >= 0.6 is 7.82 Å². The second-order valence-corrected chi connectivity index (χ2v) is 4.76. The van der Waals surface area contributed by atoms with E-state index in [4.69, 9.17) is 9.05 Å². The minimum Gasteiger partial charge on any atom is -0.367 e. The highest BCUT2D eigenvalue weighted by atomic mass is 31.2. The molecule has 0 amide bonds. The van der Waals surface area contributed by atoms with Crippen molar-refractivity contribution in [1.82, 2.24) is 0 Å². The summed E-state index contributed by atoms with van der Waals surface area (Å²) < 4.78 is 26.0. The number of phosphoric ester groups is 1. The molecular weight excluding hydrogens is 219 g/mol. The van der Waals surface area contributed by atoms with Gasteiger partial charge >= 0.3 is 13.8 Å². The molecule has 0 aromatic heterocycles. The van der Waals surface area contributed by atoms with Gasteiger partial charge in [0.05, 0.1) is 13.2 Å². The van der Waals surface area contributed by atoms with Crippen LogP contribution in [0.25, 0.3) is 0 Å². The average molecular weight is 236 g/mol. The van der Waals surface area contributed by atoms with Gasteiger partial charge in [0.15, 0.2) is 0 Å². The van der Waals surface area contributed by atoms with E-state index in [-0.39, 0.29) is 19.1 Å². The lowest BCUT2D eigenvalue weighted by molar-refractivity contribution is -0.130. The van der Waals surface area contributed by atoms with Crippen molar-refractivity contribution in [2.45, 2.75) is 20.8 Å². The van der Waals surface area contributed by atoms with E-state index in [1.165, 1.54) is 0 Å². The molecule has 0 saturated heterocycles. The predicted octanol–water partition coefficient (Wildman–Crippen LogP) is 2.53. The lowest BCUT2D eigenvalue weighted by Crippen LogP contribution is -2.08. The van der Waals surface area contributed by atoms with E-state index >= 15 is 0 Å². The maximum atomic E-state index is 11.8. The Bertz CT molecular complexity index is 261. The molecule has 88 valence electrons. The second kappa shape index (κ2) is 6.77. The normalized spacial score (nSPS) is 14.7. The van der Waals surface area contributed by atoms with E-state index in [1.807, 2.05) is 13.8 Å². The molecule has 0 saturated carbocycles. The van der Waals surface area contributed by atoms with Crippen LogP contribution in [0.1, 0.15) is 20.8 Å². The molecule has 6 heteroatoms. The maximum Gasteiger partial charge on any atom is 0.532 e. The fraction of sp³-hybridized carbons (Fsp3) is 0.667. The lowest BCUT2D eigenvalue weighted by atomic mass is 10.2. The third kappa shape index (κ3) is 6.44. The molecule has 0 bridgehead atoms. The lowest BCUT2D eigenvalue weighted by Gasteiger charge is -2.16. The van der Waals surface area contributed by atoms with Crippen LogP contribution in [0.15, 0.2) is 12.7 Å². The molecule has 0 aliphatic rings. The van der Waals surface area contributed by atoms with Crippen LogP contribution in [0.4, 0.5) is 0 Å². The molecule has 1 unspecified atom stereocenters. The van der Waals surface area contributed by atoms with Crippen molar-refractivity contribution in [1.29, 1.82) is 0 Å². The topological polar surface area (TPSA) is 61.8 Å². The Hall–Kier alpha value is -0.640. The molecule has 0 fully saturated rings. The molecule has 0 heterocycles. The van der Waals surface area contributed by atoms with Gasteiger partial charge in [-0.2, -0.15) is 0 Å². The van der Waals surface area contributed by atoms with E-state index in [2.05, 4.69) is 11.1 Å². The summed E-state index contributed by atoms with van der Waals surface area (Å²) in [4.78, 5) is 10.9. The summed E-state index contributed by atoms with van der Waals surface area (Å²) in [5.74, 6) is -0.656. The fourth-order valence-corrected chi connectivity index (χ4v) is 1.91. The Balaban J connectivity index is 4.37. The third-order valence-corrected chi connectivity index (χ3v) is 2.66. The van der Waals surface area contributed by atoms with Crippen LogP contribution in [0.3, 0.4) is 0 Å². The SMILES string of the molecule is C=CC(=O)OP(=O)(OCC)OCC(C)C. The molecule has 1 atom stereocenters. The van der Waals surface area contributed by atoms with Crippen LogP contribution < -0.4 is 0 Å². The van der Waals surface area contributed by atoms with Crippen molar-refractivity contribution < 1.29 is 22.9 Å².